The number of benzene rings is 1. The lowest BCUT2D eigenvalue weighted by Gasteiger charge is -2.42. The van der Waals surface area contributed by atoms with Gasteiger partial charge in [0.25, 0.3) is 0 Å². The fourth-order valence-corrected chi connectivity index (χ4v) is 2.60. The van der Waals surface area contributed by atoms with Crippen LogP contribution >= 0.6 is 0 Å². The van der Waals surface area contributed by atoms with Crippen molar-refractivity contribution in [3.8, 4) is 6.07 Å². The maximum absolute atomic E-state index is 10.4. The second kappa shape index (κ2) is 7.53. The highest BCUT2D eigenvalue weighted by Gasteiger charge is 2.43. The van der Waals surface area contributed by atoms with Crippen molar-refractivity contribution in [2.24, 2.45) is 5.92 Å². The van der Waals surface area contributed by atoms with Crippen LogP contribution in [0.4, 0.5) is 0 Å². The molecule has 1 aliphatic rings. The van der Waals surface area contributed by atoms with Gasteiger partial charge in [-0.1, -0.05) is 37.3 Å². The van der Waals surface area contributed by atoms with E-state index in [0.717, 1.165) is 5.56 Å². The Labute approximate surface area is 125 Å². The highest BCUT2D eigenvalue weighted by molar-refractivity contribution is 5.13. The molecule has 0 bridgehead atoms. The van der Waals surface area contributed by atoms with Crippen molar-refractivity contribution < 1.29 is 19.3 Å². The molecule has 5 nitrogen and oxygen atoms in total. The molecule has 0 amide bonds. The topological polar surface area (TPSA) is 71.7 Å². The minimum Gasteiger partial charge on any atom is -0.388 e. The maximum atomic E-state index is 10.4. The highest BCUT2D eigenvalue weighted by atomic mass is 16.7. The van der Waals surface area contributed by atoms with Crippen molar-refractivity contribution in [1.82, 2.24) is 0 Å². The third-order valence-corrected chi connectivity index (χ3v) is 3.78. The Balaban J connectivity index is 2.05. The summed E-state index contributed by atoms with van der Waals surface area (Å²) in [6.07, 6.45) is -2.22. The van der Waals surface area contributed by atoms with Crippen LogP contribution in [0.3, 0.4) is 0 Å². The van der Waals surface area contributed by atoms with Gasteiger partial charge in [0.1, 0.15) is 12.2 Å². The maximum Gasteiger partial charge on any atom is 0.162 e. The van der Waals surface area contributed by atoms with E-state index >= 15 is 0 Å². The molecule has 1 aromatic carbocycles. The molecule has 0 radical (unpaired) electrons. The second-order valence-electron chi connectivity index (χ2n) is 5.25. The first-order chi connectivity index (χ1) is 10.2. The smallest absolute Gasteiger partial charge is 0.162 e. The number of aliphatic hydroxyl groups excluding tert-OH is 1. The van der Waals surface area contributed by atoms with E-state index in [2.05, 4.69) is 0 Å². The lowest BCUT2D eigenvalue weighted by Crippen LogP contribution is -2.54. The van der Waals surface area contributed by atoms with Crippen LogP contribution in [-0.2, 0) is 20.8 Å². The molecule has 1 aliphatic heterocycles. The first kappa shape index (κ1) is 15.9. The largest absolute Gasteiger partial charge is 0.388 e. The summed E-state index contributed by atoms with van der Waals surface area (Å²) in [5.74, 6) is -0.122. The van der Waals surface area contributed by atoms with E-state index in [4.69, 9.17) is 19.5 Å². The van der Waals surface area contributed by atoms with Crippen LogP contribution in [0, 0.1) is 17.2 Å². The van der Waals surface area contributed by atoms with Gasteiger partial charge in [-0.2, -0.15) is 5.26 Å². The minimum absolute atomic E-state index is 0.110. The van der Waals surface area contributed by atoms with Gasteiger partial charge in [-0.3, -0.25) is 0 Å². The first-order valence-corrected chi connectivity index (χ1v) is 7.06. The molecule has 1 fully saturated rings. The predicted molar refractivity (Wildman–Crippen MR) is 76.1 cm³/mol. The zero-order valence-corrected chi connectivity index (χ0v) is 12.3. The zero-order chi connectivity index (χ0) is 15.2. The summed E-state index contributed by atoms with van der Waals surface area (Å²) in [6, 6.07) is 11.8. The van der Waals surface area contributed by atoms with Crippen LogP contribution in [0.5, 0.6) is 0 Å². The third-order valence-electron chi connectivity index (χ3n) is 3.78. The van der Waals surface area contributed by atoms with Gasteiger partial charge < -0.3 is 19.3 Å². The van der Waals surface area contributed by atoms with Gasteiger partial charge in [0.2, 0.25) is 0 Å². The van der Waals surface area contributed by atoms with Crippen LogP contribution in [0.15, 0.2) is 30.3 Å². The van der Waals surface area contributed by atoms with Gasteiger partial charge in [-0.25, -0.2) is 0 Å². The molecule has 1 aromatic rings. The molecule has 5 heteroatoms. The molecule has 114 valence electrons. The summed E-state index contributed by atoms with van der Waals surface area (Å²) in [6.45, 7) is 2.32. The minimum atomic E-state index is -0.838. The monoisotopic (exact) mass is 291 g/mol. The predicted octanol–water partition coefficient (Wildman–Crippen LogP) is 1.85. The first-order valence-electron chi connectivity index (χ1n) is 7.06. The lowest BCUT2D eigenvalue weighted by molar-refractivity contribution is -0.277. The number of ether oxygens (including phenoxy) is 3. The molecule has 0 unspecified atom stereocenters. The Morgan fingerprint density at radius 2 is 2.05 bits per heavy atom. The molecule has 2 rings (SSSR count). The molecular formula is C16H21NO4. The van der Waals surface area contributed by atoms with Crippen LogP contribution in [0.2, 0.25) is 0 Å². The molecule has 21 heavy (non-hydrogen) atoms. The molecule has 1 heterocycles. The number of aliphatic hydroxyl groups is 1. The van der Waals surface area contributed by atoms with Gasteiger partial charge >= 0.3 is 0 Å². The second-order valence-corrected chi connectivity index (χ2v) is 5.25. The van der Waals surface area contributed by atoms with E-state index in [1.807, 2.05) is 43.3 Å². The van der Waals surface area contributed by atoms with Gasteiger partial charge in [0, 0.05) is 13.0 Å². The quantitative estimate of drug-likeness (QED) is 0.896. The Hall–Kier alpha value is -1.45. The Morgan fingerprint density at radius 3 is 2.67 bits per heavy atom. The summed E-state index contributed by atoms with van der Waals surface area (Å²) in [5.41, 5.74) is 1.04. The number of hydrogen-bond acceptors (Lipinski definition) is 5. The highest BCUT2D eigenvalue weighted by Crippen LogP contribution is 2.30. The summed E-state index contributed by atoms with van der Waals surface area (Å²) < 4.78 is 16.8. The summed E-state index contributed by atoms with van der Waals surface area (Å²) in [7, 11) is 1.55. The number of rotatable bonds is 5. The van der Waals surface area contributed by atoms with E-state index in [-0.39, 0.29) is 12.3 Å². The molecular weight excluding hydrogens is 270 g/mol. The summed E-state index contributed by atoms with van der Waals surface area (Å²) in [4.78, 5) is 0. The Morgan fingerprint density at radius 1 is 1.33 bits per heavy atom. The van der Waals surface area contributed by atoms with Crippen LogP contribution < -0.4 is 0 Å². The molecule has 1 N–H and O–H groups in total. The van der Waals surface area contributed by atoms with E-state index in [1.165, 1.54) is 0 Å². The Kier molecular flexibility index (Phi) is 5.71. The van der Waals surface area contributed by atoms with Gasteiger partial charge in [-0.15, -0.1) is 0 Å². The van der Waals surface area contributed by atoms with Crippen molar-refractivity contribution in [2.45, 2.75) is 44.6 Å². The molecule has 0 saturated carbocycles. The van der Waals surface area contributed by atoms with Crippen molar-refractivity contribution in [3.05, 3.63) is 35.9 Å². The van der Waals surface area contributed by atoms with Crippen molar-refractivity contribution in [2.75, 3.05) is 7.11 Å². The molecule has 5 atom stereocenters. The molecule has 0 spiro atoms. The molecule has 0 aliphatic carbocycles. The normalized spacial score (nSPS) is 32.6. The van der Waals surface area contributed by atoms with Crippen molar-refractivity contribution >= 4 is 0 Å². The summed E-state index contributed by atoms with van der Waals surface area (Å²) in [5, 5.41) is 19.2. The fourth-order valence-electron chi connectivity index (χ4n) is 2.60. The van der Waals surface area contributed by atoms with Gasteiger partial charge in [0.15, 0.2) is 6.29 Å². The number of hydrogen-bond donors (Lipinski definition) is 1. The average Bonchev–Trinajstić information content (AvgIpc) is 2.51. The van der Waals surface area contributed by atoms with Crippen molar-refractivity contribution in [3.63, 3.8) is 0 Å². The average molecular weight is 291 g/mol. The molecule has 0 aromatic heterocycles. The van der Waals surface area contributed by atoms with Gasteiger partial charge in [-0.05, 0) is 5.56 Å². The number of nitriles is 1. The van der Waals surface area contributed by atoms with E-state index in [9.17, 15) is 5.11 Å². The zero-order valence-electron chi connectivity index (χ0n) is 12.3. The standard InChI is InChI=1S/C16H21NO4/c1-11-15(20-10-12-6-4-3-5-7-12)14(18)13(8-9-17)21-16(11)19-2/h3-7,11,13-16,18H,8,10H2,1-2H3/t11-,13+,14+,15-,16-/m0/s1. The van der Waals surface area contributed by atoms with Gasteiger partial charge in [0.05, 0.1) is 25.2 Å². The molecule has 1 saturated heterocycles. The van der Waals surface area contributed by atoms with Crippen LogP contribution in [0.25, 0.3) is 0 Å². The number of nitrogens with zero attached hydrogens (tertiary/aromatic N) is 1. The van der Waals surface area contributed by atoms with E-state index in [1.54, 1.807) is 7.11 Å². The fraction of sp³-hybridized carbons (Fsp3) is 0.562. The summed E-state index contributed by atoms with van der Waals surface area (Å²) >= 11 is 0. The van der Waals surface area contributed by atoms with Crippen molar-refractivity contribution in [1.29, 1.82) is 5.26 Å². The number of methoxy groups -OCH3 is 1. The third kappa shape index (κ3) is 3.80. The van der Waals surface area contributed by atoms with E-state index < -0.39 is 24.6 Å². The lowest BCUT2D eigenvalue weighted by atomic mass is 9.91. The van der Waals surface area contributed by atoms with Crippen LogP contribution in [0.1, 0.15) is 18.9 Å². The van der Waals surface area contributed by atoms with Crippen LogP contribution in [-0.4, -0.2) is 36.8 Å². The Bertz CT molecular complexity index is 473. The SMILES string of the molecule is CO[C@H]1O[C@H](CC#N)[C@@H](O)[C@@H](OCc2ccccc2)[C@@H]1C. The van der Waals surface area contributed by atoms with E-state index in [0.29, 0.717) is 6.61 Å².